The zero-order valence-corrected chi connectivity index (χ0v) is 15.9. The summed E-state index contributed by atoms with van der Waals surface area (Å²) in [4.78, 5) is 27.1. The monoisotopic (exact) mass is 389 g/mol. The molecule has 0 fully saturated rings. The number of hydrogen-bond donors (Lipinski definition) is 2. The number of benzene rings is 3. The molecule has 0 saturated carbocycles. The van der Waals surface area contributed by atoms with Crippen LogP contribution in [0.4, 0.5) is 27.1 Å². The number of halogens is 1. The van der Waals surface area contributed by atoms with Gasteiger partial charge in [0, 0.05) is 24.8 Å². The maximum atomic E-state index is 13.5. The van der Waals surface area contributed by atoms with Crippen LogP contribution in [0.25, 0.3) is 0 Å². The molecule has 0 aromatic heterocycles. The largest absolute Gasteiger partial charge is 0.343 e. The van der Waals surface area contributed by atoms with Crippen molar-refractivity contribution in [2.45, 2.75) is 12.3 Å². The highest BCUT2D eigenvalue weighted by Crippen LogP contribution is 2.35. The van der Waals surface area contributed by atoms with Crippen molar-refractivity contribution in [1.82, 2.24) is 0 Å². The highest BCUT2D eigenvalue weighted by molar-refractivity contribution is 6.06. The molecular formula is C23H20FN3O2. The molecule has 0 aliphatic carbocycles. The summed E-state index contributed by atoms with van der Waals surface area (Å²) in [6.45, 7) is 0. The minimum absolute atomic E-state index is 0.0150. The fraction of sp³-hybridized carbons (Fsp3) is 0.130. The van der Waals surface area contributed by atoms with Gasteiger partial charge in [-0.05, 0) is 42.0 Å². The number of carbonyl (C=O) groups excluding carboxylic acids is 2. The topological polar surface area (TPSA) is 61.4 Å². The molecule has 4 rings (SSSR count). The lowest BCUT2D eigenvalue weighted by Crippen LogP contribution is -2.31. The maximum absolute atomic E-state index is 13.5. The molecule has 0 radical (unpaired) electrons. The van der Waals surface area contributed by atoms with Gasteiger partial charge in [0.1, 0.15) is 5.82 Å². The summed E-state index contributed by atoms with van der Waals surface area (Å²) < 4.78 is 13.5. The zero-order valence-electron chi connectivity index (χ0n) is 15.9. The average Bonchev–Trinajstić information content (AvgIpc) is 2.73. The van der Waals surface area contributed by atoms with Crippen LogP contribution in [0.3, 0.4) is 0 Å². The third kappa shape index (κ3) is 3.82. The first-order chi connectivity index (χ1) is 14.0. The Morgan fingerprint density at radius 1 is 1.07 bits per heavy atom. The quantitative estimate of drug-likeness (QED) is 0.682. The molecule has 1 atom stereocenters. The Labute approximate surface area is 168 Å². The van der Waals surface area contributed by atoms with E-state index in [-0.39, 0.29) is 18.2 Å². The molecule has 0 unspecified atom stereocenters. The van der Waals surface area contributed by atoms with Crippen LogP contribution in [-0.2, 0) is 9.59 Å². The second-order valence-corrected chi connectivity index (χ2v) is 6.94. The third-order valence-electron chi connectivity index (χ3n) is 5.04. The van der Waals surface area contributed by atoms with Crippen LogP contribution in [0.15, 0.2) is 72.8 Å². The lowest BCUT2D eigenvalue weighted by atomic mass is 9.89. The van der Waals surface area contributed by atoms with E-state index < -0.39 is 11.7 Å². The van der Waals surface area contributed by atoms with Gasteiger partial charge in [-0.25, -0.2) is 4.39 Å². The first-order valence-electron chi connectivity index (χ1n) is 9.31. The van der Waals surface area contributed by atoms with Crippen LogP contribution >= 0.6 is 0 Å². The Balaban J connectivity index is 1.63. The van der Waals surface area contributed by atoms with E-state index in [1.165, 1.54) is 12.1 Å². The molecule has 3 aromatic carbocycles. The number of nitrogens with zero attached hydrogens (tertiary/aromatic N) is 1. The maximum Gasteiger partial charge on any atom is 0.232 e. The van der Waals surface area contributed by atoms with Gasteiger partial charge in [0.15, 0.2) is 0 Å². The Morgan fingerprint density at radius 2 is 1.79 bits per heavy atom. The Kier molecular flexibility index (Phi) is 4.99. The van der Waals surface area contributed by atoms with E-state index in [0.29, 0.717) is 16.9 Å². The summed E-state index contributed by atoms with van der Waals surface area (Å²) in [7, 11) is 1.92. The van der Waals surface area contributed by atoms with Gasteiger partial charge >= 0.3 is 0 Å². The Hall–Kier alpha value is -3.67. The summed E-state index contributed by atoms with van der Waals surface area (Å²) >= 11 is 0. The molecule has 2 amide bonds. The fourth-order valence-corrected chi connectivity index (χ4v) is 3.55. The molecule has 1 aliphatic heterocycles. The lowest BCUT2D eigenvalue weighted by molar-refractivity contribution is -0.123. The van der Waals surface area contributed by atoms with E-state index in [0.717, 1.165) is 11.4 Å². The molecule has 0 spiro atoms. The van der Waals surface area contributed by atoms with Gasteiger partial charge in [0.2, 0.25) is 11.8 Å². The van der Waals surface area contributed by atoms with Crippen LogP contribution < -0.4 is 15.5 Å². The molecule has 6 heteroatoms. The zero-order chi connectivity index (χ0) is 20.4. The summed E-state index contributed by atoms with van der Waals surface area (Å²) in [5.74, 6) is -1.76. The van der Waals surface area contributed by atoms with Crippen LogP contribution in [-0.4, -0.2) is 18.9 Å². The number of anilines is 4. The Bertz CT molecular complexity index is 1070. The summed E-state index contributed by atoms with van der Waals surface area (Å²) in [5, 5.41) is 5.59. The van der Waals surface area contributed by atoms with Gasteiger partial charge in [0.05, 0.1) is 17.3 Å². The first-order valence-corrected chi connectivity index (χ1v) is 9.31. The van der Waals surface area contributed by atoms with Crippen molar-refractivity contribution in [2.75, 3.05) is 22.6 Å². The fourth-order valence-electron chi connectivity index (χ4n) is 3.55. The summed E-state index contributed by atoms with van der Waals surface area (Å²) in [6.07, 6.45) is 0.0150. The van der Waals surface area contributed by atoms with E-state index in [9.17, 15) is 14.0 Å². The predicted octanol–water partition coefficient (Wildman–Crippen LogP) is 4.66. The molecular weight excluding hydrogens is 369 g/mol. The number of carbonyl (C=O) groups is 2. The number of rotatable bonds is 4. The molecule has 0 saturated heterocycles. The Morgan fingerprint density at radius 3 is 2.59 bits per heavy atom. The van der Waals surface area contributed by atoms with Crippen LogP contribution in [0.1, 0.15) is 17.9 Å². The molecule has 1 heterocycles. The van der Waals surface area contributed by atoms with E-state index in [1.807, 2.05) is 66.5 Å². The minimum atomic E-state index is -0.686. The lowest BCUT2D eigenvalue weighted by Gasteiger charge is -2.27. The van der Waals surface area contributed by atoms with E-state index in [1.54, 1.807) is 6.07 Å². The van der Waals surface area contributed by atoms with Crippen molar-refractivity contribution in [3.05, 3.63) is 84.2 Å². The second-order valence-electron chi connectivity index (χ2n) is 6.94. The van der Waals surface area contributed by atoms with Crippen molar-refractivity contribution >= 4 is 34.6 Å². The third-order valence-corrected chi connectivity index (χ3v) is 5.04. The number of para-hydroxylation sites is 3. The highest BCUT2D eigenvalue weighted by atomic mass is 19.1. The van der Waals surface area contributed by atoms with Crippen LogP contribution in [0.2, 0.25) is 0 Å². The number of fused-ring (bicyclic) bond motifs is 1. The molecule has 0 bridgehead atoms. The summed E-state index contributed by atoms with van der Waals surface area (Å²) in [6, 6.07) is 21.4. The number of nitrogens with one attached hydrogen (secondary N) is 2. The standard InChI is InChI=1S/C23H20FN3O2/c1-27(16-7-3-2-4-8-16)21-10-6-5-9-19(21)26-23(29)18-14-22(28)25-20-13-15(24)11-12-17(18)20/h2-13,18H,14H2,1H3,(H,25,28)(H,26,29)/t18-/m0/s1. The predicted molar refractivity (Wildman–Crippen MR) is 112 cm³/mol. The summed E-state index contributed by atoms with van der Waals surface area (Å²) in [5.41, 5.74) is 3.39. The van der Waals surface area contributed by atoms with Gasteiger partial charge in [-0.3, -0.25) is 9.59 Å². The molecule has 2 N–H and O–H groups in total. The van der Waals surface area contributed by atoms with Crippen molar-refractivity contribution in [3.8, 4) is 0 Å². The van der Waals surface area contributed by atoms with Crippen molar-refractivity contribution < 1.29 is 14.0 Å². The van der Waals surface area contributed by atoms with Gasteiger partial charge in [0.25, 0.3) is 0 Å². The van der Waals surface area contributed by atoms with Crippen molar-refractivity contribution in [3.63, 3.8) is 0 Å². The smallest absolute Gasteiger partial charge is 0.232 e. The van der Waals surface area contributed by atoms with Gasteiger partial charge in [-0.2, -0.15) is 0 Å². The van der Waals surface area contributed by atoms with Crippen molar-refractivity contribution in [1.29, 1.82) is 0 Å². The van der Waals surface area contributed by atoms with Gasteiger partial charge in [-0.15, -0.1) is 0 Å². The molecule has 1 aliphatic rings. The molecule has 146 valence electrons. The van der Waals surface area contributed by atoms with E-state index in [4.69, 9.17) is 0 Å². The van der Waals surface area contributed by atoms with E-state index in [2.05, 4.69) is 10.6 Å². The van der Waals surface area contributed by atoms with E-state index >= 15 is 0 Å². The normalized spacial score (nSPS) is 15.2. The minimum Gasteiger partial charge on any atom is -0.343 e. The first kappa shape index (κ1) is 18.7. The van der Waals surface area contributed by atoms with Gasteiger partial charge in [-0.1, -0.05) is 36.4 Å². The molecule has 5 nitrogen and oxygen atoms in total. The van der Waals surface area contributed by atoms with Crippen LogP contribution in [0, 0.1) is 5.82 Å². The SMILES string of the molecule is CN(c1ccccc1)c1ccccc1NC(=O)[C@H]1CC(=O)Nc2cc(F)ccc21. The molecule has 3 aromatic rings. The average molecular weight is 389 g/mol. The van der Waals surface area contributed by atoms with Crippen LogP contribution in [0.5, 0.6) is 0 Å². The second kappa shape index (κ2) is 7.75. The highest BCUT2D eigenvalue weighted by Gasteiger charge is 2.31. The molecule has 29 heavy (non-hydrogen) atoms. The van der Waals surface area contributed by atoms with Gasteiger partial charge < -0.3 is 15.5 Å². The number of amides is 2. The van der Waals surface area contributed by atoms with Crippen molar-refractivity contribution in [2.24, 2.45) is 0 Å². The number of hydrogen-bond acceptors (Lipinski definition) is 3.